The molecule has 0 radical (unpaired) electrons. The molecular formula is C37H36N2O19. The quantitative estimate of drug-likeness (QED) is 0.0534. The van der Waals surface area contributed by atoms with Crippen molar-refractivity contribution < 1.29 is 89.1 Å². The Bertz CT molecular complexity index is 2350. The van der Waals surface area contributed by atoms with Crippen LogP contribution in [0.5, 0.6) is 23.0 Å². The van der Waals surface area contributed by atoms with Gasteiger partial charge in [-0.1, -0.05) is 12.1 Å². The fourth-order valence-electron chi connectivity index (χ4n) is 7.05. The van der Waals surface area contributed by atoms with Crippen molar-refractivity contribution in [2.24, 2.45) is 0 Å². The molecular weight excluding hydrogens is 776 g/mol. The highest BCUT2D eigenvalue weighted by atomic mass is 16.8. The number of pyridine rings is 1. The first-order valence-electron chi connectivity index (χ1n) is 17.4. The lowest BCUT2D eigenvalue weighted by molar-refractivity contribution is -0.321. The van der Waals surface area contributed by atoms with Crippen LogP contribution < -0.4 is 15.9 Å². The SMILES string of the molecule is Nc1ccc([C@@H]2C=C[C@@]3(Oc4cc5oc(-c6cc(O)c(O)c(CCO)c6)cc(=O)c5c(O)c42)O[C@H](C(=O)O[C@@H]2O[C@H](C(=O)O)[C@@H](O)[C@H](O)[C@H]2O)[C@@H](O)[C@H](O)[C@H]3O)cn1. The van der Waals surface area contributed by atoms with Crippen molar-refractivity contribution in [3.63, 3.8) is 0 Å². The summed E-state index contributed by atoms with van der Waals surface area (Å²) in [7, 11) is 0. The van der Waals surface area contributed by atoms with Gasteiger partial charge in [0.05, 0.1) is 0 Å². The van der Waals surface area contributed by atoms with E-state index in [1.165, 1.54) is 30.5 Å². The number of carboxylic acid groups (broad SMARTS) is 1. The van der Waals surface area contributed by atoms with Crippen LogP contribution >= 0.6 is 0 Å². The Morgan fingerprint density at radius 1 is 0.897 bits per heavy atom. The van der Waals surface area contributed by atoms with Crippen molar-refractivity contribution in [2.75, 3.05) is 12.3 Å². The lowest BCUT2D eigenvalue weighted by Gasteiger charge is -2.46. The van der Waals surface area contributed by atoms with Crippen molar-refractivity contribution in [2.45, 2.75) is 73.2 Å². The molecule has 4 aromatic rings. The first-order chi connectivity index (χ1) is 27.5. The van der Waals surface area contributed by atoms with Gasteiger partial charge < -0.3 is 85.3 Å². The highest BCUT2D eigenvalue weighted by Gasteiger charge is 2.59. The predicted octanol–water partition coefficient (Wildman–Crippen LogP) is -2.22. The number of phenols is 3. The van der Waals surface area contributed by atoms with Crippen molar-refractivity contribution >= 4 is 28.7 Å². The second-order valence-corrected chi connectivity index (χ2v) is 13.8. The number of hydrogen-bond donors (Lipinski definition) is 12. The smallest absolute Gasteiger partial charge is 0.340 e. The number of ether oxygens (including phenoxy) is 4. The molecule has 21 heteroatoms. The molecule has 2 fully saturated rings. The van der Waals surface area contributed by atoms with Crippen molar-refractivity contribution in [1.82, 2.24) is 4.98 Å². The zero-order chi connectivity index (χ0) is 42.0. The molecule has 2 saturated heterocycles. The van der Waals surface area contributed by atoms with Crippen LogP contribution in [0.1, 0.15) is 22.6 Å². The maximum Gasteiger partial charge on any atom is 0.340 e. The molecule has 1 spiro atoms. The van der Waals surface area contributed by atoms with Crippen LogP contribution in [-0.4, -0.2) is 141 Å². The molecule has 5 heterocycles. The topological polar surface area (TPSA) is 363 Å². The van der Waals surface area contributed by atoms with Gasteiger partial charge in [0, 0.05) is 47.5 Å². The fourth-order valence-corrected chi connectivity index (χ4v) is 7.05. The van der Waals surface area contributed by atoms with E-state index in [9.17, 15) is 70.6 Å². The number of nitrogens with two attached hydrogens (primary N) is 1. The van der Waals surface area contributed by atoms with Gasteiger partial charge in [-0.2, -0.15) is 0 Å². The van der Waals surface area contributed by atoms with E-state index < -0.39 is 114 Å². The summed E-state index contributed by atoms with van der Waals surface area (Å²) in [5.41, 5.74) is 5.01. The Morgan fingerprint density at radius 3 is 2.29 bits per heavy atom. The molecule has 3 aliphatic rings. The number of aliphatic hydroxyl groups is 7. The summed E-state index contributed by atoms with van der Waals surface area (Å²) in [6.07, 6.45) is -16.5. The molecule has 7 rings (SSSR count). The minimum atomic E-state index is -2.67. The van der Waals surface area contributed by atoms with Crippen LogP contribution in [-0.2, 0) is 30.2 Å². The van der Waals surface area contributed by atoms with E-state index in [-0.39, 0.29) is 45.7 Å². The molecule has 0 unspecified atom stereocenters. The molecule has 0 amide bonds. The molecule has 0 bridgehead atoms. The molecule has 0 saturated carbocycles. The third-order valence-electron chi connectivity index (χ3n) is 10.1. The van der Waals surface area contributed by atoms with E-state index >= 15 is 0 Å². The van der Waals surface area contributed by atoms with Gasteiger partial charge in [0.15, 0.2) is 35.2 Å². The van der Waals surface area contributed by atoms with Crippen molar-refractivity contribution in [3.05, 3.63) is 81.7 Å². The molecule has 2 aromatic heterocycles. The number of fused-ring (bicyclic) bond motifs is 2. The predicted molar refractivity (Wildman–Crippen MR) is 190 cm³/mol. The molecule has 58 heavy (non-hydrogen) atoms. The first-order valence-corrected chi connectivity index (χ1v) is 17.4. The largest absolute Gasteiger partial charge is 0.507 e. The number of benzene rings is 2. The van der Waals surface area contributed by atoms with Gasteiger partial charge in [-0.05, 0) is 36.3 Å². The van der Waals surface area contributed by atoms with Crippen LogP contribution in [0.2, 0.25) is 0 Å². The summed E-state index contributed by atoms with van der Waals surface area (Å²) in [5, 5.41) is 115. The van der Waals surface area contributed by atoms with Gasteiger partial charge in [-0.3, -0.25) is 4.79 Å². The van der Waals surface area contributed by atoms with Crippen LogP contribution in [0, 0.1) is 0 Å². The van der Waals surface area contributed by atoms with Gasteiger partial charge in [-0.25, -0.2) is 14.6 Å². The number of aliphatic carboxylic acids is 1. The number of phenolic OH excluding ortho intramolecular Hbond substituents is 3. The van der Waals surface area contributed by atoms with E-state index in [4.69, 9.17) is 29.1 Å². The number of carbonyl (C=O) groups is 2. The number of carbonyl (C=O) groups excluding carboxylic acids is 1. The van der Waals surface area contributed by atoms with Crippen LogP contribution in [0.4, 0.5) is 5.82 Å². The average molecular weight is 813 g/mol. The minimum Gasteiger partial charge on any atom is -0.507 e. The highest BCUT2D eigenvalue weighted by molar-refractivity contribution is 5.89. The van der Waals surface area contributed by atoms with Gasteiger partial charge in [0.25, 0.3) is 5.79 Å². The van der Waals surface area contributed by atoms with E-state index in [2.05, 4.69) is 4.98 Å². The van der Waals surface area contributed by atoms with Crippen LogP contribution in [0.3, 0.4) is 0 Å². The number of aliphatic hydroxyl groups excluding tert-OH is 7. The van der Waals surface area contributed by atoms with E-state index in [0.717, 1.165) is 24.3 Å². The number of aromatic hydroxyl groups is 3. The highest BCUT2D eigenvalue weighted by Crippen LogP contribution is 2.49. The third-order valence-corrected chi connectivity index (χ3v) is 10.1. The number of allylic oxidation sites excluding steroid dienone is 1. The summed E-state index contributed by atoms with van der Waals surface area (Å²) in [5.74, 6) is -9.49. The van der Waals surface area contributed by atoms with Gasteiger partial charge >= 0.3 is 11.9 Å². The number of nitrogens with zero attached hydrogens (tertiary/aromatic N) is 1. The molecule has 308 valence electrons. The standard InChI is InChI=1S/C37H36N2O19/c38-21-2-1-13(11-39-21)15-3-5-37(33(50)29(48)28(47)32(58-37)35(53)56-36-30(49)26(45)27(46)31(55-36)34(51)52)57-20-10-19-23(25(44)22(15)20)16(41)9-18(54-19)14-7-12(4-6-40)24(43)17(42)8-14/h1-3,5,7-11,15,26-33,36,40,42-50H,4,6H2,(H2,38,39)(H,51,52)/t15-,26-,27-,28-,29-,30+,31-,32-,33+,36-,37+/m0/s1. The maximum absolute atomic E-state index is 13.7. The fraction of sp³-hybridized carbons (Fsp3) is 0.351. The molecule has 13 N–H and O–H groups in total. The zero-order valence-corrected chi connectivity index (χ0v) is 29.6. The molecule has 2 aromatic carbocycles. The van der Waals surface area contributed by atoms with E-state index in [1.807, 2.05) is 0 Å². The first kappa shape index (κ1) is 40.3. The van der Waals surface area contributed by atoms with Crippen LogP contribution in [0.15, 0.2) is 64.0 Å². The number of nitrogen functional groups attached to an aromatic ring is 1. The van der Waals surface area contributed by atoms with Crippen molar-refractivity contribution in [1.29, 1.82) is 0 Å². The summed E-state index contributed by atoms with van der Waals surface area (Å²) >= 11 is 0. The summed E-state index contributed by atoms with van der Waals surface area (Å²) in [4.78, 5) is 42.9. The Hall–Kier alpha value is -5.88. The molecule has 0 aliphatic carbocycles. The van der Waals surface area contributed by atoms with Crippen LogP contribution in [0.25, 0.3) is 22.3 Å². The molecule has 3 aliphatic heterocycles. The zero-order valence-electron chi connectivity index (χ0n) is 29.6. The van der Waals surface area contributed by atoms with Crippen molar-refractivity contribution in [3.8, 4) is 34.3 Å². The monoisotopic (exact) mass is 812 g/mol. The normalized spacial score (nSPS) is 30.7. The van der Waals surface area contributed by atoms with Gasteiger partial charge in [0.2, 0.25) is 6.29 Å². The Balaban J connectivity index is 1.34. The number of hydrogen-bond acceptors (Lipinski definition) is 20. The summed E-state index contributed by atoms with van der Waals surface area (Å²) < 4.78 is 28.1. The number of esters is 1. The summed E-state index contributed by atoms with van der Waals surface area (Å²) in [6, 6.07) is 7.48. The Labute approximate surface area is 324 Å². The lowest BCUT2D eigenvalue weighted by Crippen LogP contribution is -2.68. The summed E-state index contributed by atoms with van der Waals surface area (Å²) in [6.45, 7) is -0.400. The third kappa shape index (κ3) is 6.82. The second-order valence-electron chi connectivity index (χ2n) is 13.8. The Kier molecular flexibility index (Phi) is 10.5. The number of anilines is 1. The second kappa shape index (κ2) is 15.1. The molecule has 11 atom stereocenters. The minimum absolute atomic E-state index is 0.0744. The Morgan fingerprint density at radius 2 is 1.62 bits per heavy atom. The van der Waals surface area contributed by atoms with E-state index in [0.29, 0.717) is 5.56 Å². The molecule has 21 nitrogen and oxygen atoms in total. The number of aromatic nitrogens is 1. The van der Waals surface area contributed by atoms with E-state index in [1.54, 1.807) is 0 Å². The van der Waals surface area contributed by atoms with Gasteiger partial charge in [-0.15, -0.1) is 0 Å². The lowest BCUT2D eigenvalue weighted by atomic mass is 9.88. The van der Waals surface area contributed by atoms with Gasteiger partial charge in [0.1, 0.15) is 64.6 Å². The average Bonchev–Trinajstić information content (AvgIpc) is 3.34. The number of rotatable bonds is 7. The number of carboxylic acids is 1. The maximum atomic E-state index is 13.7.